The fourth-order valence-electron chi connectivity index (χ4n) is 4.68. The van der Waals surface area contributed by atoms with Crippen molar-refractivity contribution in [3.05, 3.63) is 48.5 Å². The van der Waals surface area contributed by atoms with E-state index in [0.717, 1.165) is 12.8 Å². The number of phenolic OH excluding ortho intramolecular Hbond substituents is 1. The fourth-order valence-corrected chi connectivity index (χ4v) is 4.68. The first kappa shape index (κ1) is 32.3. The van der Waals surface area contributed by atoms with E-state index in [1.807, 2.05) is 0 Å². The molecule has 0 saturated heterocycles. The molecule has 0 bridgehead atoms. The van der Waals surface area contributed by atoms with Crippen molar-refractivity contribution in [2.45, 2.75) is 110 Å². The van der Waals surface area contributed by atoms with Crippen LogP contribution in [0.15, 0.2) is 48.5 Å². The molecule has 0 aromatic heterocycles. The van der Waals surface area contributed by atoms with Gasteiger partial charge in [0, 0.05) is 6.54 Å². The first-order chi connectivity index (χ1) is 19.1. The van der Waals surface area contributed by atoms with Gasteiger partial charge in [0.1, 0.15) is 29.6 Å². The number of phenols is 1. The molecular weight excluding hydrogens is 490 g/mol. The summed E-state index contributed by atoms with van der Waals surface area (Å²) in [5.74, 6) is 2.15. The molecule has 1 amide bonds. The third kappa shape index (κ3) is 16.0. The van der Waals surface area contributed by atoms with Crippen molar-refractivity contribution < 1.29 is 24.5 Å². The highest BCUT2D eigenvalue weighted by Crippen LogP contribution is 2.25. The van der Waals surface area contributed by atoms with Gasteiger partial charge in [-0.2, -0.15) is 0 Å². The molecule has 6 nitrogen and oxygen atoms in total. The standard InChI is InChI=1S/C33H51NO5/c1-2-3-4-5-6-7-8-9-10-11-12-13-14-15-16-17-26-34(33(36)37)27-28-38-30-22-24-32(25-23-30)39-31-20-18-29(35)19-21-31/h18-25,35H,2-17,26-28H2,1H3,(H,36,37). The Balaban J connectivity index is 1.46. The predicted octanol–water partition coefficient (Wildman–Crippen LogP) is 9.80. The third-order valence-electron chi connectivity index (χ3n) is 7.08. The smallest absolute Gasteiger partial charge is 0.407 e. The van der Waals surface area contributed by atoms with Gasteiger partial charge in [0.15, 0.2) is 0 Å². The number of hydrogen-bond donors (Lipinski definition) is 2. The summed E-state index contributed by atoms with van der Waals surface area (Å²) in [6.07, 6.45) is 20.1. The summed E-state index contributed by atoms with van der Waals surface area (Å²) >= 11 is 0. The molecule has 0 aliphatic rings. The molecule has 0 saturated carbocycles. The van der Waals surface area contributed by atoms with E-state index >= 15 is 0 Å². The number of amides is 1. The lowest BCUT2D eigenvalue weighted by atomic mass is 10.0. The van der Waals surface area contributed by atoms with Crippen molar-refractivity contribution in [1.82, 2.24) is 4.90 Å². The summed E-state index contributed by atoms with van der Waals surface area (Å²) in [4.78, 5) is 13.1. The second-order valence-corrected chi connectivity index (χ2v) is 10.5. The largest absolute Gasteiger partial charge is 0.508 e. The van der Waals surface area contributed by atoms with E-state index in [2.05, 4.69) is 6.92 Å². The van der Waals surface area contributed by atoms with E-state index in [1.165, 1.54) is 94.8 Å². The Hall–Kier alpha value is -2.89. The Morgan fingerprint density at radius 3 is 1.49 bits per heavy atom. The molecule has 2 N–H and O–H groups in total. The maximum absolute atomic E-state index is 11.6. The highest BCUT2D eigenvalue weighted by Gasteiger charge is 2.11. The highest BCUT2D eigenvalue weighted by atomic mass is 16.5. The minimum absolute atomic E-state index is 0.191. The van der Waals surface area contributed by atoms with Crippen LogP contribution in [0, 0.1) is 0 Å². The lowest BCUT2D eigenvalue weighted by molar-refractivity contribution is 0.134. The number of ether oxygens (including phenoxy) is 2. The Kier molecular flexibility index (Phi) is 17.4. The minimum atomic E-state index is -0.891. The van der Waals surface area contributed by atoms with Crippen LogP contribution in [-0.4, -0.2) is 40.9 Å². The van der Waals surface area contributed by atoms with E-state index in [1.54, 1.807) is 48.5 Å². The van der Waals surface area contributed by atoms with Gasteiger partial charge >= 0.3 is 6.09 Å². The van der Waals surface area contributed by atoms with Crippen LogP contribution in [-0.2, 0) is 0 Å². The monoisotopic (exact) mass is 541 g/mol. The van der Waals surface area contributed by atoms with Crippen LogP contribution in [0.25, 0.3) is 0 Å². The normalized spacial score (nSPS) is 10.9. The highest BCUT2D eigenvalue weighted by molar-refractivity contribution is 5.64. The molecule has 0 unspecified atom stereocenters. The van der Waals surface area contributed by atoms with Crippen LogP contribution in [0.4, 0.5) is 4.79 Å². The van der Waals surface area contributed by atoms with E-state index in [9.17, 15) is 15.0 Å². The number of hydrogen-bond acceptors (Lipinski definition) is 4. The van der Waals surface area contributed by atoms with Crippen molar-refractivity contribution in [3.8, 4) is 23.0 Å². The van der Waals surface area contributed by atoms with Gasteiger partial charge in [-0.15, -0.1) is 0 Å². The number of unbranched alkanes of at least 4 members (excludes halogenated alkanes) is 15. The van der Waals surface area contributed by atoms with Gasteiger partial charge in [0.2, 0.25) is 0 Å². The van der Waals surface area contributed by atoms with Crippen molar-refractivity contribution in [1.29, 1.82) is 0 Å². The van der Waals surface area contributed by atoms with Gasteiger partial charge in [-0.25, -0.2) is 4.79 Å². The second-order valence-electron chi connectivity index (χ2n) is 10.5. The van der Waals surface area contributed by atoms with Gasteiger partial charge in [-0.1, -0.05) is 103 Å². The second kappa shape index (κ2) is 21.0. The Morgan fingerprint density at radius 2 is 1.03 bits per heavy atom. The zero-order valence-electron chi connectivity index (χ0n) is 24.1. The number of aromatic hydroxyl groups is 1. The average molecular weight is 542 g/mol. The molecule has 0 heterocycles. The zero-order valence-corrected chi connectivity index (χ0v) is 24.1. The van der Waals surface area contributed by atoms with Gasteiger partial charge in [0.25, 0.3) is 0 Å². The topological polar surface area (TPSA) is 79.2 Å². The van der Waals surface area contributed by atoms with Crippen molar-refractivity contribution in [3.63, 3.8) is 0 Å². The summed E-state index contributed by atoms with van der Waals surface area (Å²) in [5.41, 5.74) is 0. The third-order valence-corrected chi connectivity index (χ3v) is 7.08. The van der Waals surface area contributed by atoms with E-state index in [0.29, 0.717) is 36.9 Å². The van der Waals surface area contributed by atoms with Gasteiger partial charge in [0.05, 0.1) is 6.54 Å². The van der Waals surface area contributed by atoms with Crippen molar-refractivity contribution >= 4 is 6.09 Å². The number of carbonyl (C=O) groups is 1. The van der Waals surface area contributed by atoms with Crippen LogP contribution in [0.2, 0.25) is 0 Å². The van der Waals surface area contributed by atoms with E-state index in [-0.39, 0.29) is 5.75 Å². The van der Waals surface area contributed by atoms with Crippen LogP contribution in [0.3, 0.4) is 0 Å². The summed E-state index contributed by atoms with van der Waals surface area (Å²) < 4.78 is 11.5. The first-order valence-corrected chi connectivity index (χ1v) is 15.3. The fraction of sp³-hybridized carbons (Fsp3) is 0.606. The maximum atomic E-state index is 11.6. The zero-order chi connectivity index (χ0) is 28.0. The molecule has 2 aromatic carbocycles. The molecule has 218 valence electrons. The molecule has 0 aliphatic heterocycles. The van der Waals surface area contributed by atoms with Crippen LogP contribution >= 0.6 is 0 Å². The Morgan fingerprint density at radius 1 is 0.615 bits per heavy atom. The quantitative estimate of drug-likeness (QED) is 0.137. The number of nitrogens with zero attached hydrogens (tertiary/aromatic N) is 1. The van der Waals surface area contributed by atoms with Crippen LogP contribution in [0.5, 0.6) is 23.0 Å². The molecule has 0 aliphatic carbocycles. The van der Waals surface area contributed by atoms with Crippen LogP contribution in [0.1, 0.15) is 110 Å². The van der Waals surface area contributed by atoms with Gasteiger partial charge in [-0.05, 0) is 55.0 Å². The molecule has 0 fully saturated rings. The molecule has 0 spiro atoms. The Labute approximate surface area is 236 Å². The molecule has 2 aromatic rings. The van der Waals surface area contributed by atoms with Crippen LogP contribution < -0.4 is 9.47 Å². The SMILES string of the molecule is CCCCCCCCCCCCCCCCCCN(CCOc1ccc(Oc2ccc(O)cc2)cc1)C(=O)O. The van der Waals surface area contributed by atoms with Gasteiger partial charge < -0.3 is 24.6 Å². The predicted molar refractivity (Wildman–Crippen MR) is 159 cm³/mol. The summed E-state index contributed by atoms with van der Waals surface area (Å²) in [6, 6.07) is 13.7. The molecule has 2 rings (SSSR count). The van der Waals surface area contributed by atoms with Gasteiger partial charge in [-0.3, -0.25) is 0 Å². The maximum Gasteiger partial charge on any atom is 0.407 e. The molecule has 6 heteroatoms. The Bertz CT molecular complexity index is 869. The number of benzene rings is 2. The number of rotatable bonds is 23. The van der Waals surface area contributed by atoms with E-state index < -0.39 is 6.09 Å². The molecule has 0 atom stereocenters. The van der Waals surface area contributed by atoms with Crippen molar-refractivity contribution in [2.24, 2.45) is 0 Å². The molecule has 39 heavy (non-hydrogen) atoms. The summed E-state index contributed by atoms with van der Waals surface area (Å²) in [6.45, 7) is 3.48. The average Bonchev–Trinajstić information content (AvgIpc) is 2.93. The molecule has 0 radical (unpaired) electrons. The molecular formula is C33H51NO5. The lowest BCUT2D eigenvalue weighted by Gasteiger charge is -2.19. The summed E-state index contributed by atoms with van der Waals surface area (Å²) in [5, 5.41) is 18.9. The lowest BCUT2D eigenvalue weighted by Crippen LogP contribution is -2.34. The first-order valence-electron chi connectivity index (χ1n) is 15.3. The minimum Gasteiger partial charge on any atom is -0.508 e. The number of carboxylic acid groups (broad SMARTS) is 1. The summed E-state index contributed by atoms with van der Waals surface area (Å²) in [7, 11) is 0. The van der Waals surface area contributed by atoms with E-state index in [4.69, 9.17) is 9.47 Å². The van der Waals surface area contributed by atoms with Crippen molar-refractivity contribution in [2.75, 3.05) is 19.7 Å².